The highest BCUT2D eigenvalue weighted by Gasteiger charge is 2.08. The Morgan fingerprint density at radius 1 is 1.33 bits per heavy atom. The zero-order chi connectivity index (χ0) is 11.3. The average Bonchev–Trinajstić information content (AvgIpc) is 2.20. The van der Waals surface area contributed by atoms with Crippen molar-refractivity contribution >= 4 is 19.2 Å². The third-order valence-electron chi connectivity index (χ3n) is 2.19. The first kappa shape index (κ1) is 12.5. The Morgan fingerprint density at radius 3 is 2.47 bits per heavy atom. The van der Waals surface area contributed by atoms with Crippen molar-refractivity contribution in [3.8, 4) is 0 Å². The van der Waals surface area contributed by atoms with Gasteiger partial charge in [-0.2, -0.15) is 11.1 Å². The Kier molecular flexibility index (Phi) is 5.09. The molecule has 1 rings (SSSR count). The van der Waals surface area contributed by atoms with Gasteiger partial charge in [0.05, 0.1) is 0 Å². The minimum absolute atomic E-state index is 0.921. The van der Waals surface area contributed by atoms with E-state index < -0.39 is 8.11 Å². The summed E-state index contributed by atoms with van der Waals surface area (Å²) in [4.78, 5) is 2.17. The third kappa shape index (κ3) is 4.20. The van der Waals surface area contributed by atoms with Gasteiger partial charge in [-0.25, -0.2) is 0 Å². The first-order valence-electron chi connectivity index (χ1n) is 4.98. The van der Waals surface area contributed by atoms with Crippen LogP contribution in [0.15, 0.2) is 36.5 Å². The van der Waals surface area contributed by atoms with Gasteiger partial charge in [0.1, 0.15) is 0 Å². The second-order valence-corrected chi connectivity index (χ2v) is 6.95. The fourth-order valence-corrected chi connectivity index (χ4v) is 2.76. The molecule has 1 aromatic rings. The number of hydrogen-bond donors (Lipinski definition) is 0. The van der Waals surface area contributed by atoms with Gasteiger partial charge < -0.3 is 4.90 Å². The second-order valence-electron chi connectivity index (χ2n) is 3.83. The van der Waals surface area contributed by atoms with E-state index in [9.17, 15) is 0 Å². The number of halogens is 1. The van der Waals surface area contributed by atoms with Crippen LogP contribution in [0.5, 0.6) is 0 Å². The summed E-state index contributed by atoms with van der Waals surface area (Å²) in [5.41, 5.74) is 4.61. The number of nitrogens with zero attached hydrogens (tertiary/aromatic N) is 1. The van der Waals surface area contributed by atoms with Crippen LogP contribution in [0.1, 0.15) is 11.1 Å². The molecule has 0 spiro atoms. The van der Waals surface area contributed by atoms with E-state index in [2.05, 4.69) is 49.8 Å². The molecule has 81 valence electrons. The molecule has 0 unspecified atom stereocenters. The maximum Gasteiger partial charge on any atom is 0.196 e. The van der Waals surface area contributed by atoms with Gasteiger partial charge >= 0.3 is 0 Å². The lowest BCUT2D eigenvalue weighted by Crippen LogP contribution is -2.14. The van der Waals surface area contributed by atoms with Crippen molar-refractivity contribution in [3.63, 3.8) is 0 Å². The summed E-state index contributed by atoms with van der Waals surface area (Å²) in [6, 6.07) is 9.44. The van der Waals surface area contributed by atoms with Crippen LogP contribution in [0, 0.1) is 0 Å². The van der Waals surface area contributed by atoms with Crippen molar-refractivity contribution < 1.29 is 0 Å². The van der Waals surface area contributed by atoms with Crippen LogP contribution >= 0.6 is 11.1 Å². The molecule has 0 atom stereocenters. The van der Waals surface area contributed by atoms with E-state index in [1.165, 1.54) is 11.1 Å². The van der Waals surface area contributed by atoms with E-state index >= 15 is 0 Å². The molecule has 0 amide bonds. The number of benzene rings is 1. The van der Waals surface area contributed by atoms with Crippen molar-refractivity contribution in [2.24, 2.45) is 0 Å². The molecule has 0 saturated heterocycles. The molecule has 0 fully saturated rings. The quantitative estimate of drug-likeness (QED) is 0.563. The minimum Gasteiger partial charge on any atom is -0.305 e. The zero-order valence-corrected chi connectivity index (χ0v) is 11.1. The molecule has 3 heteroatoms. The number of rotatable bonds is 5. The van der Waals surface area contributed by atoms with Gasteiger partial charge in [0, 0.05) is 6.54 Å². The summed E-state index contributed by atoms with van der Waals surface area (Å²) in [7, 11) is 3.24. The van der Waals surface area contributed by atoms with E-state index in [4.69, 9.17) is 11.1 Å². The maximum atomic E-state index is 6.18. The van der Waals surface area contributed by atoms with Crippen molar-refractivity contribution in [2.45, 2.75) is 12.6 Å². The highest BCUT2D eigenvalue weighted by molar-refractivity contribution is 7.09. The molecule has 0 saturated carbocycles. The molecule has 0 bridgehead atoms. The molecule has 0 aliphatic carbocycles. The molecule has 1 nitrogen and oxygen atoms in total. The monoisotopic (exact) mass is 238 g/mol. The zero-order valence-electron chi connectivity index (χ0n) is 9.33. The van der Waals surface area contributed by atoms with E-state index in [-0.39, 0.29) is 0 Å². The van der Waals surface area contributed by atoms with Crippen molar-refractivity contribution in [2.75, 3.05) is 14.1 Å². The molecule has 1 aromatic carbocycles. The summed E-state index contributed by atoms with van der Waals surface area (Å²) >= 11 is 6.18. The highest BCUT2D eigenvalue weighted by atomic mass is 35.6. The molecule has 15 heavy (non-hydrogen) atoms. The molecule has 0 aliphatic heterocycles. The lowest BCUT2D eigenvalue weighted by atomic mass is 10.1. The fourth-order valence-electron chi connectivity index (χ4n) is 1.48. The van der Waals surface area contributed by atoms with Gasteiger partial charge in [0.15, 0.2) is 8.11 Å². The van der Waals surface area contributed by atoms with Crippen molar-refractivity contribution in [3.05, 3.63) is 47.7 Å². The number of hydrogen-bond acceptors (Lipinski definition) is 1. The summed E-state index contributed by atoms with van der Waals surface area (Å²) in [6.07, 6.45) is 0. The average molecular weight is 239 g/mol. The Bertz CT molecular complexity index is 325. The summed E-state index contributed by atoms with van der Waals surface area (Å²) < 4.78 is 0. The Labute approximate surface area is 98.7 Å². The van der Waals surface area contributed by atoms with Crippen LogP contribution in [-0.4, -0.2) is 27.1 Å². The molecule has 0 aromatic heterocycles. The van der Waals surface area contributed by atoms with Gasteiger partial charge in [-0.3, -0.25) is 0 Å². The lowest BCUT2D eigenvalue weighted by molar-refractivity contribution is 0.401. The first-order chi connectivity index (χ1) is 7.13. The van der Waals surface area contributed by atoms with Crippen LogP contribution in [0.2, 0.25) is 0 Å². The normalized spacial score (nSPS) is 11.0. The van der Waals surface area contributed by atoms with Crippen molar-refractivity contribution in [1.29, 1.82) is 0 Å². The molecular weight excluding hydrogens is 222 g/mol. The summed E-state index contributed by atoms with van der Waals surface area (Å²) in [6.45, 7) is 4.72. The van der Waals surface area contributed by atoms with E-state index in [0.717, 1.165) is 12.6 Å². The van der Waals surface area contributed by atoms with E-state index in [0.29, 0.717) is 0 Å². The van der Waals surface area contributed by atoms with Gasteiger partial charge in [-0.15, -0.1) is 6.58 Å². The van der Waals surface area contributed by atoms with Gasteiger partial charge in [-0.05, 0) is 31.3 Å². The van der Waals surface area contributed by atoms with E-state index in [1.54, 1.807) is 0 Å². The first-order valence-corrected chi connectivity index (χ1v) is 7.78. The smallest absolute Gasteiger partial charge is 0.196 e. The van der Waals surface area contributed by atoms with Gasteiger partial charge in [0.25, 0.3) is 0 Å². The largest absolute Gasteiger partial charge is 0.305 e. The molecular formula is C12H17ClNSi. The Hall–Kier alpha value is -0.573. The molecule has 0 heterocycles. The molecule has 1 radical (unpaired) electrons. The van der Waals surface area contributed by atoms with Crippen molar-refractivity contribution in [1.82, 2.24) is 4.90 Å². The second kappa shape index (κ2) is 6.11. The van der Waals surface area contributed by atoms with Gasteiger partial charge in [-0.1, -0.05) is 30.0 Å². The minimum atomic E-state index is -0.921. The third-order valence-corrected chi connectivity index (χ3v) is 4.21. The molecule has 0 aliphatic rings. The molecule has 0 N–H and O–H groups in total. The van der Waals surface area contributed by atoms with Crippen LogP contribution in [0.4, 0.5) is 0 Å². The summed E-state index contributed by atoms with van der Waals surface area (Å²) in [5, 5.41) is 0. The van der Waals surface area contributed by atoms with E-state index in [1.807, 2.05) is 5.70 Å². The van der Waals surface area contributed by atoms with Crippen LogP contribution in [0.25, 0.3) is 0 Å². The summed E-state index contributed by atoms with van der Waals surface area (Å²) in [5.74, 6) is 0. The Balaban J connectivity index is 2.81. The standard InChI is InChI=1S/C12H17ClNSi/c1-4-15(13)10-12-8-6-5-7-11(12)9-14(2)3/h4-8H,1,9-10H2,2-3H3. The highest BCUT2D eigenvalue weighted by Crippen LogP contribution is 2.13. The topological polar surface area (TPSA) is 3.24 Å². The lowest BCUT2D eigenvalue weighted by Gasteiger charge is -2.14. The Morgan fingerprint density at radius 2 is 1.93 bits per heavy atom. The SMILES string of the molecule is C=C[Si](Cl)Cc1ccccc1CN(C)C. The predicted octanol–water partition coefficient (Wildman–Crippen LogP) is 2.79. The van der Waals surface area contributed by atoms with Gasteiger partial charge in [0.2, 0.25) is 0 Å². The predicted molar refractivity (Wildman–Crippen MR) is 69.3 cm³/mol. The maximum absolute atomic E-state index is 6.18. The van der Waals surface area contributed by atoms with Crippen LogP contribution in [0.3, 0.4) is 0 Å². The van der Waals surface area contributed by atoms with Crippen LogP contribution in [-0.2, 0) is 12.6 Å². The van der Waals surface area contributed by atoms with Crippen LogP contribution < -0.4 is 0 Å². The fraction of sp³-hybridized carbons (Fsp3) is 0.333.